The molecule has 1 aromatic carbocycles. The Bertz CT molecular complexity index is 776. The normalized spacial score (nSPS) is 11.0. The molecule has 4 nitrogen and oxygen atoms in total. The van der Waals surface area contributed by atoms with Crippen LogP contribution in [-0.4, -0.2) is 10.1 Å². The zero-order chi connectivity index (χ0) is 12.7. The quantitative estimate of drug-likeness (QED) is 0.750. The molecule has 0 spiro atoms. The molecule has 1 N–H and O–H groups in total. The number of pyridine rings is 1. The van der Waals surface area contributed by atoms with E-state index >= 15 is 0 Å². The SMILES string of the molecule is Cc1c(-c2ccon2)c(=O)[nH]c2ccc(Br)cc12. The zero-order valence-corrected chi connectivity index (χ0v) is 11.1. The zero-order valence-electron chi connectivity index (χ0n) is 9.53. The van der Waals surface area contributed by atoms with Gasteiger partial charge in [-0.25, -0.2) is 0 Å². The summed E-state index contributed by atoms with van der Waals surface area (Å²) in [5.74, 6) is 0. The number of halogens is 1. The molecule has 5 heteroatoms. The van der Waals surface area contributed by atoms with Crippen LogP contribution in [0.1, 0.15) is 5.56 Å². The minimum Gasteiger partial charge on any atom is -0.364 e. The molecular formula is C13H9BrN2O2. The number of aryl methyl sites for hydroxylation is 1. The summed E-state index contributed by atoms with van der Waals surface area (Å²) in [5.41, 5.74) is 2.65. The molecule has 0 aliphatic rings. The van der Waals surface area contributed by atoms with Gasteiger partial charge in [-0.05, 0) is 30.7 Å². The fraction of sp³-hybridized carbons (Fsp3) is 0.0769. The number of H-pyrrole nitrogens is 1. The van der Waals surface area contributed by atoms with Crippen molar-refractivity contribution in [2.45, 2.75) is 6.92 Å². The van der Waals surface area contributed by atoms with E-state index in [1.54, 1.807) is 6.07 Å². The fourth-order valence-corrected chi connectivity index (χ4v) is 2.44. The lowest BCUT2D eigenvalue weighted by Crippen LogP contribution is -2.11. The molecule has 0 bridgehead atoms. The first-order valence-electron chi connectivity index (χ1n) is 5.40. The van der Waals surface area contributed by atoms with Gasteiger partial charge in [-0.1, -0.05) is 21.1 Å². The van der Waals surface area contributed by atoms with Crippen molar-refractivity contribution in [3.8, 4) is 11.3 Å². The molecule has 0 aliphatic carbocycles. The molecular weight excluding hydrogens is 296 g/mol. The van der Waals surface area contributed by atoms with Crippen LogP contribution in [0.15, 0.2) is 44.3 Å². The predicted octanol–water partition coefficient (Wildman–Crippen LogP) is 3.25. The monoisotopic (exact) mass is 304 g/mol. The van der Waals surface area contributed by atoms with Crippen molar-refractivity contribution in [2.24, 2.45) is 0 Å². The number of benzene rings is 1. The van der Waals surface area contributed by atoms with Crippen molar-refractivity contribution >= 4 is 26.8 Å². The molecule has 0 fully saturated rings. The van der Waals surface area contributed by atoms with E-state index in [9.17, 15) is 4.79 Å². The summed E-state index contributed by atoms with van der Waals surface area (Å²) in [5, 5.41) is 4.82. The van der Waals surface area contributed by atoms with E-state index in [2.05, 4.69) is 26.1 Å². The average Bonchev–Trinajstić information content (AvgIpc) is 2.84. The molecule has 0 radical (unpaired) electrons. The maximum Gasteiger partial charge on any atom is 0.258 e. The van der Waals surface area contributed by atoms with Crippen LogP contribution in [0, 0.1) is 6.92 Å². The molecule has 0 saturated carbocycles. The van der Waals surface area contributed by atoms with Crippen LogP contribution in [0.4, 0.5) is 0 Å². The number of nitrogens with one attached hydrogen (secondary N) is 1. The van der Waals surface area contributed by atoms with Crippen LogP contribution in [0.3, 0.4) is 0 Å². The first-order chi connectivity index (χ1) is 8.66. The van der Waals surface area contributed by atoms with Gasteiger partial charge in [0.05, 0.1) is 5.56 Å². The highest BCUT2D eigenvalue weighted by Crippen LogP contribution is 2.26. The van der Waals surface area contributed by atoms with E-state index in [1.807, 2.05) is 25.1 Å². The number of hydrogen-bond donors (Lipinski definition) is 1. The van der Waals surface area contributed by atoms with Gasteiger partial charge in [-0.15, -0.1) is 0 Å². The lowest BCUT2D eigenvalue weighted by molar-refractivity contribution is 0.422. The summed E-state index contributed by atoms with van der Waals surface area (Å²) in [4.78, 5) is 14.9. The summed E-state index contributed by atoms with van der Waals surface area (Å²) in [6, 6.07) is 7.43. The van der Waals surface area contributed by atoms with Crippen LogP contribution < -0.4 is 5.56 Å². The predicted molar refractivity (Wildman–Crippen MR) is 72.5 cm³/mol. The number of aromatic amines is 1. The van der Waals surface area contributed by atoms with Gasteiger partial charge in [0.25, 0.3) is 5.56 Å². The van der Waals surface area contributed by atoms with Crippen LogP contribution in [0.2, 0.25) is 0 Å². The summed E-state index contributed by atoms with van der Waals surface area (Å²) >= 11 is 3.43. The summed E-state index contributed by atoms with van der Waals surface area (Å²) in [6.07, 6.45) is 1.46. The Balaban J connectivity index is 2.43. The Hall–Kier alpha value is -1.88. The number of fused-ring (bicyclic) bond motifs is 1. The van der Waals surface area contributed by atoms with Crippen LogP contribution in [0.5, 0.6) is 0 Å². The van der Waals surface area contributed by atoms with Crippen LogP contribution >= 0.6 is 15.9 Å². The summed E-state index contributed by atoms with van der Waals surface area (Å²) in [7, 11) is 0. The molecule has 2 aromatic heterocycles. The van der Waals surface area contributed by atoms with E-state index in [4.69, 9.17) is 4.52 Å². The molecule has 3 rings (SSSR count). The molecule has 0 atom stereocenters. The third kappa shape index (κ3) is 1.67. The fourth-order valence-electron chi connectivity index (χ4n) is 2.08. The number of rotatable bonds is 1. The van der Waals surface area contributed by atoms with E-state index < -0.39 is 0 Å². The van der Waals surface area contributed by atoms with E-state index in [1.165, 1.54) is 6.26 Å². The van der Waals surface area contributed by atoms with Crippen LogP contribution in [0.25, 0.3) is 22.2 Å². The van der Waals surface area contributed by atoms with E-state index in [0.29, 0.717) is 11.3 Å². The Morgan fingerprint density at radius 1 is 1.33 bits per heavy atom. The third-order valence-corrected chi connectivity index (χ3v) is 3.42. The molecule has 0 saturated heterocycles. The number of hydrogen-bond acceptors (Lipinski definition) is 3. The van der Waals surface area contributed by atoms with E-state index in [0.717, 1.165) is 20.9 Å². The molecule has 2 heterocycles. The van der Waals surface area contributed by atoms with Crippen molar-refractivity contribution in [3.63, 3.8) is 0 Å². The standard InChI is InChI=1S/C13H9BrN2O2/c1-7-9-6-8(14)2-3-10(9)15-13(17)12(7)11-4-5-18-16-11/h2-6H,1H3,(H,15,17). The maximum absolute atomic E-state index is 12.1. The molecule has 0 aliphatic heterocycles. The molecule has 3 aromatic rings. The topological polar surface area (TPSA) is 58.9 Å². The van der Waals surface area contributed by atoms with Crippen molar-refractivity contribution in [2.75, 3.05) is 0 Å². The van der Waals surface area contributed by atoms with Gasteiger partial charge in [0.1, 0.15) is 12.0 Å². The number of nitrogens with zero attached hydrogens (tertiary/aromatic N) is 1. The highest BCUT2D eigenvalue weighted by molar-refractivity contribution is 9.10. The summed E-state index contributed by atoms with van der Waals surface area (Å²) < 4.78 is 5.77. The molecule has 0 unspecified atom stereocenters. The van der Waals surface area contributed by atoms with Gasteiger partial charge < -0.3 is 9.51 Å². The van der Waals surface area contributed by atoms with Crippen molar-refractivity contribution < 1.29 is 4.52 Å². The number of aromatic nitrogens is 2. The average molecular weight is 305 g/mol. The van der Waals surface area contributed by atoms with Gasteiger partial charge in [0, 0.05) is 21.4 Å². The van der Waals surface area contributed by atoms with Crippen LogP contribution in [-0.2, 0) is 0 Å². The Labute approximate surface area is 111 Å². The van der Waals surface area contributed by atoms with Gasteiger partial charge >= 0.3 is 0 Å². The highest BCUT2D eigenvalue weighted by atomic mass is 79.9. The lowest BCUT2D eigenvalue weighted by Gasteiger charge is -2.06. The highest BCUT2D eigenvalue weighted by Gasteiger charge is 2.13. The Morgan fingerprint density at radius 3 is 2.89 bits per heavy atom. The second kappa shape index (κ2) is 4.10. The van der Waals surface area contributed by atoms with Crippen molar-refractivity contribution in [1.29, 1.82) is 0 Å². The molecule has 18 heavy (non-hydrogen) atoms. The summed E-state index contributed by atoms with van der Waals surface area (Å²) in [6.45, 7) is 1.91. The first-order valence-corrected chi connectivity index (χ1v) is 6.19. The lowest BCUT2D eigenvalue weighted by atomic mass is 10.0. The smallest absolute Gasteiger partial charge is 0.258 e. The van der Waals surface area contributed by atoms with Crippen molar-refractivity contribution in [3.05, 3.63) is 50.9 Å². The van der Waals surface area contributed by atoms with E-state index in [-0.39, 0.29) is 5.56 Å². The van der Waals surface area contributed by atoms with Gasteiger partial charge in [-0.2, -0.15) is 0 Å². The Morgan fingerprint density at radius 2 is 2.17 bits per heavy atom. The van der Waals surface area contributed by atoms with Gasteiger partial charge in [-0.3, -0.25) is 4.79 Å². The Kier molecular flexibility index (Phi) is 2.56. The molecule has 0 amide bonds. The second-order valence-corrected chi connectivity index (χ2v) is 4.94. The molecule has 90 valence electrons. The minimum absolute atomic E-state index is 0.156. The third-order valence-electron chi connectivity index (χ3n) is 2.93. The van der Waals surface area contributed by atoms with Gasteiger partial charge in [0.15, 0.2) is 0 Å². The largest absolute Gasteiger partial charge is 0.364 e. The van der Waals surface area contributed by atoms with Crippen molar-refractivity contribution in [1.82, 2.24) is 10.1 Å². The minimum atomic E-state index is -0.156. The second-order valence-electron chi connectivity index (χ2n) is 4.03. The maximum atomic E-state index is 12.1. The first kappa shape index (κ1) is 11.2. The van der Waals surface area contributed by atoms with Gasteiger partial charge in [0.2, 0.25) is 0 Å².